The quantitative estimate of drug-likeness (QED) is 0.710. The Kier molecular flexibility index (Phi) is 5.10. The molecule has 1 aliphatic heterocycles. The van der Waals surface area contributed by atoms with Crippen molar-refractivity contribution < 1.29 is 19.0 Å². The molecule has 3 aromatic rings. The van der Waals surface area contributed by atoms with E-state index in [1.54, 1.807) is 31.5 Å². The Morgan fingerprint density at radius 1 is 1.11 bits per heavy atom. The average molecular weight is 376 g/mol. The van der Waals surface area contributed by atoms with Crippen LogP contribution < -0.4 is 19.5 Å². The first-order valence-corrected chi connectivity index (χ1v) is 9.04. The number of ether oxygens (including phenoxy) is 3. The zero-order valence-corrected chi connectivity index (χ0v) is 15.5. The van der Waals surface area contributed by atoms with E-state index in [4.69, 9.17) is 14.2 Å². The number of pyridine rings is 1. The Morgan fingerprint density at radius 3 is 2.82 bits per heavy atom. The molecule has 2 heterocycles. The van der Waals surface area contributed by atoms with Crippen LogP contribution in [0.1, 0.15) is 21.5 Å². The minimum atomic E-state index is -0.189. The fourth-order valence-electron chi connectivity index (χ4n) is 3.12. The number of hydrogen-bond donors (Lipinski definition) is 1. The zero-order chi connectivity index (χ0) is 19.3. The molecule has 4 rings (SSSR count). The number of amides is 1. The summed E-state index contributed by atoms with van der Waals surface area (Å²) in [6.45, 7) is 0.889. The number of rotatable bonds is 6. The molecular weight excluding hydrogens is 356 g/mol. The van der Waals surface area contributed by atoms with Crippen LogP contribution in [0, 0.1) is 0 Å². The van der Waals surface area contributed by atoms with Crippen molar-refractivity contribution in [2.45, 2.75) is 13.0 Å². The van der Waals surface area contributed by atoms with Gasteiger partial charge in [0, 0.05) is 24.7 Å². The normalized spacial score (nSPS) is 12.0. The van der Waals surface area contributed by atoms with Gasteiger partial charge in [0.05, 0.1) is 19.3 Å². The number of carbonyl (C=O) groups is 1. The highest BCUT2D eigenvalue weighted by molar-refractivity contribution is 5.97. The maximum atomic E-state index is 12.7. The van der Waals surface area contributed by atoms with E-state index in [-0.39, 0.29) is 12.5 Å². The summed E-state index contributed by atoms with van der Waals surface area (Å²) < 4.78 is 16.9. The summed E-state index contributed by atoms with van der Waals surface area (Å²) in [4.78, 5) is 17.0. The molecular formula is C22H20N2O4. The van der Waals surface area contributed by atoms with Gasteiger partial charge < -0.3 is 19.5 Å². The van der Waals surface area contributed by atoms with E-state index in [0.717, 1.165) is 17.5 Å². The molecule has 28 heavy (non-hydrogen) atoms. The highest BCUT2D eigenvalue weighted by Gasteiger charge is 2.20. The van der Waals surface area contributed by atoms with Crippen LogP contribution in [0.4, 0.5) is 0 Å². The van der Waals surface area contributed by atoms with Crippen molar-refractivity contribution in [2.75, 3.05) is 13.7 Å². The Morgan fingerprint density at radius 2 is 1.96 bits per heavy atom. The van der Waals surface area contributed by atoms with Gasteiger partial charge in [-0.3, -0.25) is 4.79 Å². The van der Waals surface area contributed by atoms with Crippen LogP contribution in [0.5, 0.6) is 23.1 Å². The lowest BCUT2D eigenvalue weighted by atomic mass is 10.1. The molecule has 0 fully saturated rings. The van der Waals surface area contributed by atoms with Crippen LogP contribution in [0.3, 0.4) is 0 Å². The largest absolute Gasteiger partial charge is 0.493 e. The van der Waals surface area contributed by atoms with Gasteiger partial charge in [0.1, 0.15) is 5.75 Å². The molecule has 142 valence electrons. The topological polar surface area (TPSA) is 69.7 Å². The summed E-state index contributed by atoms with van der Waals surface area (Å²) in [5.74, 6) is 2.08. The number of hydrogen-bond acceptors (Lipinski definition) is 5. The van der Waals surface area contributed by atoms with Crippen LogP contribution in [0.25, 0.3) is 0 Å². The SMILES string of the molecule is COc1ccccc1Oc1ncccc1CNC(=O)c1cccc2c1OCC2. The minimum absolute atomic E-state index is 0.189. The third kappa shape index (κ3) is 3.62. The number of nitrogens with zero attached hydrogens (tertiary/aromatic N) is 1. The summed E-state index contributed by atoms with van der Waals surface area (Å²) in [5.41, 5.74) is 2.37. The van der Waals surface area contributed by atoms with Crippen LogP contribution in [0.15, 0.2) is 60.8 Å². The number of carbonyl (C=O) groups excluding carboxylic acids is 1. The van der Waals surface area contributed by atoms with E-state index in [9.17, 15) is 4.79 Å². The number of fused-ring (bicyclic) bond motifs is 1. The molecule has 0 bridgehead atoms. The second-order valence-electron chi connectivity index (χ2n) is 6.30. The van der Waals surface area contributed by atoms with Gasteiger partial charge in [0.2, 0.25) is 5.88 Å². The monoisotopic (exact) mass is 376 g/mol. The van der Waals surface area contributed by atoms with Gasteiger partial charge in [0.25, 0.3) is 5.91 Å². The highest BCUT2D eigenvalue weighted by Crippen LogP contribution is 2.32. The lowest BCUT2D eigenvalue weighted by molar-refractivity contribution is 0.0947. The van der Waals surface area contributed by atoms with Crippen molar-refractivity contribution in [2.24, 2.45) is 0 Å². The van der Waals surface area contributed by atoms with Crippen LogP contribution in [-0.4, -0.2) is 24.6 Å². The van der Waals surface area contributed by atoms with E-state index in [1.807, 2.05) is 36.4 Å². The molecule has 6 heteroatoms. The van der Waals surface area contributed by atoms with Crippen LogP contribution in [-0.2, 0) is 13.0 Å². The van der Waals surface area contributed by atoms with Crippen molar-refractivity contribution >= 4 is 5.91 Å². The third-order valence-electron chi connectivity index (χ3n) is 4.52. The van der Waals surface area contributed by atoms with Gasteiger partial charge in [-0.25, -0.2) is 4.98 Å². The van der Waals surface area contributed by atoms with Crippen LogP contribution in [0.2, 0.25) is 0 Å². The van der Waals surface area contributed by atoms with Crippen molar-refractivity contribution in [1.29, 1.82) is 0 Å². The molecule has 0 unspecified atom stereocenters. The number of nitrogens with one attached hydrogen (secondary N) is 1. The highest BCUT2D eigenvalue weighted by atomic mass is 16.5. The first-order valence-electron chi connectivity index (χ1n) is 9.04. The molecule has 2 aromatic carbocycles. The van der Waals surface area contributed by atoms with Crippen molar-refractivity contribution in [1.82, 2.24) is 10.3 Å². The van der Waals surface area contributed by atoms with Gasteiger partial charge >= 0.3 is 0 Å². The molecule has 1 aliphatic rings. The standard InChI is InChI=1S/C22H20N2O4/c1-26-18-9-2-3-10-19(18)28-22-16(7-5-12-23-22)14-24-21(25)17-8-4-6-15-11-13-27-20(15)17/h2-10,12H,11,13-14H2,1H3,(H,24,25). The Hall–Kier alpha value is -3.54. The molecule has 0 radical (unpaired) electrons. The molecule has 0 saturated carbocycles. The molecule has 1 aromatic heterocycles. The lowest BCUT2D eigenvalue weighted by Crippen LogP contribution is -2.23. The Labute approximate surface area is 163 Å². The summed E-state index contributed by atoms with van der Waals surface area (Å²) >= 11 is 0. The van der Waals surface area contributed by atoms with Gasteiger partial charge in [-0.05, 0) is 29.8 Å². The molecule has 1 amide bonds. The zero-order valence-electron chi connectivity index (χ0n) is 15.5. The molecule has 0 saturated heterocycles. The van der Waals surface area contributed by atoms with Gasteiger partial charge in [-0.2, -0.15) is 0 Å². The second-order valence-corrected chi connectivity index (χ2v) is 6.30. The fourth-order valence-corrected chi connectivity index (χ4v) is 3.12. The molecule has 6 nitrogen and oxygen atoms in total. The summed E-state index contributed by atoms with van der Waals surface area (Å²) in [5, 5.41) is 2.93. The molecule has 0 spiro atoms. The molecule has 0 aliphatic carbocycles. The van der Waals surface area contributed by atoms with Crippen molar-refractivity contribution in [3.05, 3.63) is 77.5 Å². The van der Waals surface area contributed by atoms with E-state index < -0.39 is 0 Å². The second kappa shape index (κ2) is 8.00. The molecule has 1 N–H and O–H groups in total. The number of methoxy groups -OCH3 is 1. The van der Waals surface area contributed by atoms with Gasteiger partial charge in [-0.1, -0.05) is 30.3 Å². The number of benzene rings is 2. The van der Waals surface area contributed by atoms with E-state index in [0.29, 0.717) is 35.3 Å². The van der Waals surface area contributed by atoms with E-state index in [1.165, 1.54) is 0 Å². The Balaban J connectivity index is 1.50. The summed E-state index contributed by atoms with van der Waals surface area (Å²) in [7, 11) is 1.59. The predicted octanol–water partition coefficient (Wildman–Crippen LogP) is 3.75. The number of aromatic nitrogens is 1. The maximum absolute atomic E-state index is 12.7. The summed E-state index contributed by atoms with van der Waals surface area (Å²) in [6.07, 6.45) is 2.48. The van der Waals surface area contributed by atoms with Crippen molar-refractivity contribution in [3.8, 4) is 23.1 Å². The number of para-hydroxylation sites is 3. The van der Waals surface area contributed by atoms with E-state index >= 15 is 0 Å². The summed E-state index contributed by atoms with van der Waals surface area (Å²) in [6, 6.07) is 16.7. The maximum Gasteiger partial charge on any atom is 0.255 e. The average Bonchev–Trinajstić information content (AvgIpc) is 3.22. The first kappa shape index (κ1) is 17.9. The minimum Gasteiger partial charge on any atom is -0.493 e. The fraction of sp³-hybridized carbons (Fsp3) is 0.182. The predicted molar refractivity (Wildman–Crippen MR) is 104 cm³/mol. The molecule has 0 atom stereocenters. The smallest absolute Gasteiger partial charge is 0.255 e. The van der Waals surface area contributed by atoms with Gasteiger partial charge in [0.15, 0.2) is 11.5 Å². The van der Waals surface area contributed by atoms with Crippen molar-refractivity contribution in [3.63, 3.8) is 0 Å². The lowest BCUT2D eigenvalue weighted by Gasteiger charge is -2.13. The van der Waals surface area contributed by atoms with Gasteiger partial charge in [-0.15, -0.1) is 0 Å². The van der Waals surface area contributed by atoms with Crippen LogP contribution >= 0.6 is 0 Å². The van der Waals surface area contributed by atoms with E-state index in [2.05, 4.69) is 10.3 Å². The first-order chi connectivity index (χ1) is 13.8. The Bertz CT molecular complexity index is 1000. The third-order valence-corrected chi connectivity index (χ3v) is 4.52.